The predicted molar refractivity (Wildman–Crippen MR) is 139 cm³/mol. The van der Waals surface area contributed by atoms with E-state index in [1.165, 1.54) is 37.7 Å². The molecule has 5 rings (SSSR count). The Bertz CT molecular complexity index is 1170. The van der Waals surface area contributed by atoms with E-state index in [1.54, 1.807) is 6.07 Å². The molecule has 2 atom stereocenters. The van der Waals surface area contributed by atoms with E-state index in [4.69, 9.17) is 40.4 Å². The van der Waals surface area contributed by atoms with Crippen molar-refractivity contribution in [1.82, 2.24) is 19.8 Å². The monoisotopic (exact) mass is 498 g/mol. The Morgan fingerprint density at radius 2 is 1.82 bits per heavy atom. The lowest BCUT2D eigenvalue weighted by Gasteiger charge is -2.37. The van der Waals surface area contributed by atoms with Gasteiger partial charge in [-0.25, -0.2) is 0 Å². The summed E-state index contributed by atoms with van der Waals surface area (Å²) in [6, 6.07) is 14.6. The molecule has 2 aliphatic rings. The number of benzene rings is 1. The van der Waals surface area contributed by atoms with E-state index in [0.717, 1.165) is 27.9 Å². The molecule has 0 radical (unpaired) electrons. The highest BCUT2D eigenvalue weighted by atomic mass is 35.5. The summed E-state index contributed by atoms with van der Waals surface area (Å²) in [4.78, 5) is 7.16. The molecule has 1 aliphatic carbocycles. The molecule has 2 aromatic heterocycles. The van der Waals surface area contributed by atoms with E-state index in [2.05, 4.69) is 40.8 Å². The minimum absolute atomic E-state index is 0.00438. The molecule has 4 nitrogen and oxygen atoms in total. The first kappa shape index (κ1) is 22.7. The molecule has 2 fully saturated rings. The Morgan fingerprint density at radius 1 is 1.03 bits per heavy atom. The number of nitrogens with zero attached hydrogens (tertiary/aromatic N) is 3. The molecular weight excluding hydrogens is 471 g/mol. The highest BCUT2D eigenvalue weighted by molar-refractivity contribution is 7.80. The van der Waals surface area contributed by atoms with Crippen LogP contribution in [0.2, 0.25) is 10.0 Å². The third-order valence-electron chi connectivity index (χ3n) is 7.04. The lowest BCUT2D eigenvalue weighted by Crippen LogP contribution is -2.40. The van der Waals surface area contributed by atoms with Crippen LogP contribution in [0, 0.1) is 13.8 Å². The van der Waals surface area contributed by atoms with Gasteiger partial charge in [0.05, 0.1) is 28.5 Å². The molecule has 3 aromatic rings. The zero-order chi connectivity index (χ0) is 23.1. The summed E-state index contributed by atoms with van der Waals surface area (Å²) < 4.78 is 2.23. The number of hydrogen-bond acceptors (Lipinski definition) is 2. The van der Waals surface area contributed by atoms with Gasteiger partial charge in [-0.3, -0.25) is 4.98 Å². The quantitative estimate of drug-likeness (QED) is 0.388. The Labute approximate surface area is 210 Å². The largest absolute Gasteiger partial charge is 0.352 e. The molecular formula is C26H28Cl2N4S. The molecule has 0 bridgehead atoms. The van der Waals surface area contributed by atoms with Crippen LogP contribution in [0.25, 0.3) is 5.69 Å². The molecule has 0 spiro atoms. The average molecular weight is 500 g/mol. The minimum Gasteiger partial charge on any atom is -0.352 e. The van der Waals surface area contributed by atoms with E-state index in [9.17, 15) is 0 Å². The molecule has 1 aromatic carbocycles. The van der Waals surface area contributed by atoms with Crippen molar-refractivity contribution >= 4 is 40.5 Å². The Balaban J connectivity index is 1.64. The standard InChI is InChI=1S/C26H28Cl2N4S/c1-16-14-20(17(2)31(16)23-12-11-18(27)15-21(23)28)25-24(22-10-6-7-13-29-22)30-26(33)32(25)19-8-4-3-5-9-19/h6-7,10-15,19,24-25H,3-5,8-9H2,1-2H3,(H,30,33)/t24-,25-/m0/s1. The van der Waals surface area contributed by atoms with Crippen LogP contribution in [-0.2, 0) is 0 Å². The van der Waals surface area contributed by atoms with Gasteiger partial charge in [-0.2, -0.15) is 0 Å². The number of rotatable bonds is 4. The number of nitrogens with one attached hydrogen (secondary N) is 1. The lowest BCUT2D eigenvalue weighted by molar-refractivity contribution is 0.197. The summed E-state index contributed by atoms with van der Waals surface area (Å²) in [6.45, 7) is 4.30. The topological polar surface area (TPSA) is 33.1 Å². The number of aromatic nitrogens is 2. The van der Waals surface area contributed by atoms with Crippen molar-refractivity contribution in [2.45, 2.75) is 64.1 Å². The van der Waals surface area contributed by atoms with E-state index in [1.807, 2.05) is 30.5 Å². The molecule has 1 saturated heterocycles. The van der Waals surface area contributed by atoms with Crippen LogP contribution in [0.1, 0.15) is 66.8 Å². The summed E-state index contributed by atoms with van der Waals surface area (Å²) in [5.74, 6) is 0. The first-order valence-electron chi connectivity index (χ1n) is 11.6. The van der Waals surface area contributed by atoms with Crippen molar-refractivity contribution in [3.8, 4) is 5.69 Å². The van der Waals surface area contributed by atoms with Crippen LogP contribution < -0.4 is 5.32 Å². The minimum atomic E-state index is -0.00438. The van der Waals surface area contributed by atoms with Gasteiger partial charge in [0.25, 0.3) is 0 Å². The molecule has 0 amide bonds. The molecule has 1 saturated carbocycles. The molecule has 3 heterocycles. The number of aryl methyl sites for hydroxylation is 1. The van der Waals surface area contributed by atoms with Gasteiger partial charge in [0.1, 0.15) is 0 Å². The van der Waals surface area contributed by atoms with Gasteiger partial charge in [-0.05, 0) is 80.9 Å². The van der Waals surface area contributed by atoms with Crippen molar-refractivity contribution < 1.29 is 0 Å². The average Bonchev–Trinajstić information content (AvgIpc) is 3.31. The smallest absolute Gasteiger partial charge is 0.170 e. The van der Waals surface area contributed by atoms with E-state index in [0.29, 0.717) is 16.1 Å². The van der Waals surface area contributed by atoms with Crippen molar-refractivity contribution in [1.29, 1.82) is 0 Å². The fourth-order valence-electron chi connectivity index (χ4n) is 5.57. The van der Waals surface area contributed by atoms with Crippen molar-refractivity contribution in [2.75, 3.05) is 0 Å². The van der Waals surface area contributed by atoms with Crippen LogP contribution >= 0.6 is 35.4 Å². The van der Waals surface area contributed by atoms with Gasteiger partial charge in [-0.1, -0.05) is 48.5 Å². The third kappa shape index (κ3) is 4.16. The van der Waals surface area contributed by atoms with E-state index >= 15 is 0 Å². The number of pyridine rings is 1. The highest BCUT2D eigenvalue weighted by Crippen LogP contribution is 2.44. The third-order valence-corrected chi connectivity index (χ3v) is 7.91. The number of hydrogen-bond donors (Lipinski definition) is 1. The van der Waals surface area contributed by atoms with Gasteiger partial charge in [-0.15, -0.1) is 0 Å². The molecule has 1 aliphatic heterocycles. The van der Waals surface area contributed by atoms with Crippen LogP contribution in [0.4, 0.5) is 0 Å². The Kier molecular flexibility index (Phi) is 6.39. The normalized spacial score (nSPS) is 21.5. The first-order chi connectivity index (χ1) is 16.0. The molecule has 172 valence electrons. The van der Waals surface area contributed by atoms with Crippen LogP contribution in [-0.4, -0.2) is 25.6 Å². The summed E-state index contributed by atoms with van der Waals surface area (Å²) in [6.07, 6.45) is 8.03. The Morgan fingerprint density at radius 3 is 2.52 bits per heavy atom. The number of thiocarbonyl (C=S) groups is 1. The van der Waals surface area contributed by atoms with Crippen molar-refractivity contribution in [2.24, 2.45) is 0 Å². The zero-order valence-corrected chi connectivity index (χ0v) is 21.2. The molecule has 1 N–H and O–H groups in total. The maximum Gasteiger partial charge on any atom is 0.170 e. The second-order valence-corrected chi connectivity index (χ2v) is 10.3. The van der Waals surface area contributed by atoms with Crippen LogP contribution in [0.15, 0.2) is 48.7 Å². The lowest BCUT2D eigenvalue weighted by atomic mass is 9.90. The maximum absolute atomic E-state index is 6.62. The van der Waals surface area contributed by atoms with Crippen LogP contribution in [0.3, 0.4) is 0 Å². The zero-order valence-electron chi connectivity index (χ0n) is 18.9. The fraction of sp³-hybridized carbons (Fsp3) is 0.385. The van der Waals surface area contributed by atoms with Crippen LogP contribution in [0.5, 0.6) is 0 Å². The van der Waals surface area contributed by atoms with E-state index < -0.39 is 0 Å². The van der Waals surface area contributed by atoms with Gasteiger partial charge < -0.3 is 14.8 Å². The van der Waals surface area contributed by atoms with Gasteiger partial charge in [0.15, 0.2) is 5.11 Å². The second-order valence-electron chi connectivity index (χ2n) is 9.08. The SMILES string of the molecule is Cc1cc([C@H]2[C@H](c3ccccn3)NC(=S)N2C2CCCCC2)c(C)n1-c1ccc(Cl)cc1Cl. The van der Waals surface area contributed by atoms with Gasteiger partial charge in [0, 0.05) is 28.6 Å². The predicted octanol–water partition coefficient (Wildman–Crippen LogP) is 7.10. The maximum atomic E-state index is 6.62. The number of halogens is 2. The molecule has 33 heavy (non-hydrogen) atoms. The molecule has 7 heteroatoms. The van der Waals surface area contributed by atoms with Crippen molar-refractivity contribution in [3.63, 3.8) is 0 Å². The second kappa shape index (κ2) is 9.28. The van der Waals surface area contributed by atoms with Crippen molar-refractivity contribution in [3.05, 3.63) is 81.4 Å². The van der Waals surface area contributed by atoms with E-state index in [-0.39, 0.29) is 12.1 Å². The summed E-state index contributed by atoms with van der Waals surface area (Å²) in [5, 5.41) is 5.73. The summed E-state index contributed by atoms with van der Waals surface area (Å²) >= 11 is 18.7. The Hall–Kier alpha value is -2.08. The fourth-order valence-corrected chi connectivity index (χ4v) is 6.45. The first-order valence-corrected chi connectivity index (χ1v) is 12.8. The summed E-state index contributed by atoms with van der Waals surface area (Å²) in [7, 11) is 0. The van der Waals surface area contributed by atoms with Gasteiger partial charge in [0.2, 0.25) is 0 Å². The van der Waals surface area contributed by atoms with Gasteiger partial charge >= 0.3 is 0 Å². The molecule has 0 unspecified atom stereocenters. The summed E-state index contributed by atoms with van der Waals surface area (Å²) in [5.41, 5.74) is 5.50. The highest BCUT2D eigenvalue weighted by Gasteiger charge is 2.44.